The van der Waals surface area contributed by atoms with Gasteiger partial charge in [-0.3, -0.25) is 4.79 Å². The number of aryl methyl sites for hydroxylation is 1. The largest absolute Gasteiger partial charge is 0.478 e. The molecule has 1 amide bonds. The molecule has 0 aliphatic heterocycles. The van der Waals surface area contributed by atoms with Gasteiger partial charge in [0.05, 0.1) is 5.56 Å². The minimum absolute atomic E-state index is 0.132. The maximum atomic E-state index is 13.6. The summed E-state index contributed by atoms with van der Waals surface area (Å²) in [6.45, 7) is 0. The fourth-order valence-electron chi connectivity index (χ4n) is 7.88. The van der Waals surface area contributed by atoms with E-state index >= 15 is 0 Å². The summed E-state index contributed by atoms with van der Waals surface area (Å²) in [5, 5.41) is 12.3. The smallest absolute Gasteiger partial charge is 0.335 e. The third-order valence-electron chi connectivity index (χ3n) is 9.07. The Morgan fingerprint density at radius 1 is 1.03 bits per heavy atom. The van der Waals surface area contributed by atoms with E-state index in [2.05, 4.69) is 10.3 Å². The molecule has 1 aromatic heterocycles. The monoisotopic (exact) mass is 512 g/mol. The fourth-order valence-corrected chi connectivity index (χ4v) is 7.88. The van der Waals surface area contributed by atoms with Crippen molar-refractivity contribution in [3.63, 3.8) is 0 Å². The molecular weight excluding hydrogens is 476 g/mol. The highest BCUT2D eigenvalue weighted by atomic mass is 16.4. The molecule has 4 saturated carbocycles. The van der Waals surface area contributed by atoms with E-state index in [4.69, 9.17) is 4.98 Å². The number of aromatic carboxylic acids is 1. The lowest BCUT2D eigenvalue weighted by Crippen LogP contribution is -2.46. The number of imidazole rings is 1. The number of para-hydroxylation sites is 1. The van der Waals surface area contributed by atoms with Crippen LogP contribution in [0.2, 0.25) is 0 Å². The molecule has 3 aromatic rings. The van der Waals surface area contributed by atoms with Crippen LogP contribution in [0, 0.1) is 23.2 Å². The van der Waals surface area contributed by atoms with Crippen molar-refractivity contribution in [1.29, 1.82) is 0 Å². The van der Waals surface area contributed by atoms with E-state index in [-0.39, 0.29) is 11.5 Å². The van der Waals surface area contributed by atoms with Gasteiger partial charge in [0.1, 0.15) is 11.5 Å². The second kappa shape index (κ2) is 9.61. The molecule has 7 heteroatoms. The van der Waals surface area contributed by atoms with E-state index in [1.807, 2.05) is 43.3 Å². The molecule has 198 valence electrons. The number of carbonyl (C=O) groups excluding carboxylic acids is 1. The van der Waals surface area contributed by atoms with Crippen LogP contribution in [0.25, 0.3) is 11.4 Å². The topological polar surface area (TPSA) is 98.3 Å². The number of anilines is 2. The van der Waals surface area contributed by atoms with Gasteiger partial charge in [0, 0.05) is 36.7 Å². The van der Waals surface area contributed by atoms with E-state index in [0.717, 1.165) is 47.5 Å². The molecule has 7 rings (SSSR count). The number of carboxylic acids is 1. The molecule has 4 bridgehead atoms. The summed E-state index contributed by atoms with van der Waals surface area (Å²) in [6, 6.07) is 14.4. The van der Waals surface area contributed by atoms with Gasteiger partial charge in [0.25, 0.3) is 5.91 Å². The van der Waals surface area contributed by atoms with Gasteiger partial charge < -0.3 is 20.3 Å². The van der Waals surface area contributed by atoms with Crippen molar-refractivity contribution in [1.82, 2.24) is 9.97 Å². The lowest BCUT2D eigenvalue weighted by molar-refractivity contribution is -0.0570. The standard InChI is InChI=1S/C31H36N4O3/c1-35(2)26-9-4-3-8-24(26)28-33-25(10-11-31-16-19-12-20(17-31)14-21(13-19)18-31)27(34-28)29(36)32-23-7-5-6-22(15-23)30(37)38/h3-9,15,19-21H,10-14,16-18H2,1-2H3,(H,32,36)(H,33,34)(H,37,38). The molecule has 0 radical (unpaired) electrons. The number of hydrogen-bond acceptors (Lipinski definition) is 4. The zero-order chi connectivity index (χ0) is 26.4. The Morgan fingerprint density at radius 2 is 1.71 bits per heavy atom. The van der Waals surface area contributed by atoms with E-state index in [1.54, 1.807) is 12.1 Å². The summed E-state index contributed by atoms with van der Waals surface area (Å²) < 4.78 is 0. The highest BCUT2D eigenvalue weighted by molar-refractivity contribution is 6.04. The molecule has 1 heterocycles. The number of hydrogen-bond donors (Lipinski definition) is 3. The molecule has 2 aromatic carbocycles. The van der Waals surface area contributed by atoms with E-state index in [0.29, 0.717) is 22.6 Å². The molecule has 4 aliphatic rings. The minimum atomic E-state index is -1.03. The first-order valence-electron chi connectivity index (χ1n) is 13.8. The van der Waals surface area contributed by atoms with Crippen molar-refractivity contribution in [2.24, 2.45) is 23.2 Å². The highest BCUT2D eigenvalue weighted by Gasteiger charge is 2.50. The maximum Gasteiger partial charge on any atom is 0.335 e. The number of rotatable bonds is 8. The SMILES string of the molecule is CN(C)c1ccccc1-c1nc(C(=O)Nc2cccc(C(=O)O)c2)c(CCC23CC4CC(CC(C4)C2)C3)[nH]1. The van der Waals surface area contributed by atoms with Crippen molar-refractivity contribution in [2.45, 2.75) is 51.4 Å². The molecule has 4 fully saturated rings. The van der Waals surface area contributed by atoms with Gasteiger partial charge in [-0.2, -0.15) is 0 Å². The average molecular weight is 513 g/mol. The van der Waals surface area contributed by atoms with Gasteiger partial charge in [0.2, 0.25) is 0 Å². The third kappa shape index (κ3) is 4.70. The van der Waals surface area contributed by atoms with Crippen LogP contribution in [0.1, 0.15) is 71.5 Å². The molecular formula is C31H36N4O3. The summed E-state index contributed by atoms with van der Waals surface area (Å²) >= 11 is 0. The van der Waals surface area contributed by atoms with Crippen molar-refractivity contribution >= 4 is 23.3 Å². The second-order valence-corrected chi connectivity index (χ2v) is 12.1. The van der Waals surface area contributed by atoms with Crippen molar-refractivity contribution in [3.05, 3.63) is 65.5 Å². The normalized spacial score (nSPS) is 25.4. The Balaban J connectivity index is 1.31. The number of carboxylic acid groups (broad SMARTS) is 1. The van der Waals surface area contributed by atoms with Crippen LogP contribution in [-0.2, 0) is 6.42 Å². The molecule has 0 saturated heterocycles. The van der Waals surface area contributed by atoms with Crippen LogP contribution >= 0.6 is 0 Å². The predicted octanol–water partition coefficient (Wildman–Crippen LogP) is 6.24. The quantitative estimate of drug-likeness (QED) is 0.332. The zero-order valence-corrected chi connectivity index (χ0v) is 22.2. The maximum absolute atomic E-state index is 13.6. The molecule has 4 aliphatic carbocycles. The van der Waals surface area contributed by atoms with Crippen LogP contribution < -0.4 is 10.2 Å². The molecule has 38 heavy (non-hydrogen) atoms. The first kappa shape index (κ1) is 24.7. The number of aromatic nitrogens is 2. The lowest BCUT2D eigenvalue weighted by atomic mass is 9.48. The molecule has 7 nitrogen and oxygen atoms in total. The van der Waals surface area contributed by atoms with Gasteiger partial charge in [-0.25, -0.2) is 9.78 Å². The number of nitrogens with zero attached hydrogens (tertiary/aromatic N) is 2. The summed E-state index contributed by atoms with van der Waals surface area (Å²) in [7, 11) is 4.00. The molecule has 0 atom stereocenters. The third-order valence-corrected chi connectivity index (χ3v) is 9.07. The zero-order valence-electron chi connectivity index (χ0n) is 22.2. The number of amides is 1. The number of aromatic amines is 1. The first-order chi connectivity index (χ1) is 18.3. The number of H-pyrrole nitrogens is 1. The van der Waals surface area contributed by atoms with Crippen molar-refractivity contribution in [3.8, 4) is 11.4 Å². The number of nitrogens with one attached hydrogen (secondary N) is 2. The lowest BCUT2D eigenvalue weighted by Gasteiger charge is -2.57. The van der Waals surface area contributed by atoms with Crippen molar-refractivity contribution in [2.75, 3.05) is 24.3 Å². The Hall–Kier alpha value is -3.61. The van der Waals surface area contributed by atoms with Crippen LogP contribution in [0.4, 0.5) is 11.4 Å². The van der Waals surface area contributed by atoms with Gasteiger partial charge in [-0.05, 0) is 105 Å². The number of carbonyl (C=O) groups is 2. The van der Waals surface area contributed by atoms with Gasteiger partial charge >= 0.3 is 5.97 Å². The van der Waals surface area contributed by atoms with Gasteiger partial charge in [0.15, 0.2) is 0 Å². The van der Waals surface area contributed by atoms with E-state index in [9.17, 15) is 14.7 Å². The summed E-state index contributed by atoms with van der Waals surface area (Å²) in [5.74, 6) is 1.98. The van der Waals surface area contributed by atoms with E-state index < -0.39 is 5.97 Å². The Bertz CT molecular complexity index is 1340. The Labute approximate surface area is 223 Å². The first-order valence-corrected chi connectivity index (χ1v) is 13.8. The minimum Gasteiger partial charge on any atom is -0.478 e. The van der Waals surface area contributed by atoms with Gasteiger partial charge in [-0.1, -0.05) is 18.2 Å². The van der Waals surface area contributed by atoms with Crippen LogP contribution in [-0.4, -0.2) is 41.0 Å². The second-order valence-electron chi connectivity index (χ2n) is 12.1. The predicted molar refractivity (Wildman–Crippen MR) is 149 cm³/mol. The fraction of sp³-hybridized carbons (Fsp3) is 0.452. The molecule has 0 spiro atoms. The van der Waals surface area contributed by atoms with Crippen LogP contribution in [0.15, 0.2) is 48.5 Å². The van der Waals surface area contributed by atoms with Gasteiger partial charge in [-0.15, -0.1) is 0 Å². The molecule has 3 N–H and O–H groups in total. The molecule has 0 unspecified atom stereocenters. The summed E-state index contributed by atoms with van der Waals surface area (Å²) in [4.78, 5) is 35.4. The van der Waals surface area contributed by atoms with Crippen molar-refractivity contribution < 1.29 is 14.7 Å². The highest BCUT2D eigenvalue weighted by Crippen LogP contribution is 2.61. The van der Waals surface area contributed by atoms with E-state index in [1.165, 1.54) is 50.7 Å². The number of benzene rings is 2. The van der Waals surface area contributed by atoms with Crippen LogP contribution in [0.5, 0.6) is 0 Å². The summed E-state index contributed by atoms with van der Waals surface area (Å²) in [6.07, 6.45) is 10.1. The summed E-state index contributed by atoms with van der Waals surface area (Å²) in [5.41, 5.74) is 4.18. The van der Waals surface area contributed by atoms with Crippen LogP contribution in [0.3, 0.4) is 0 Å². The average Bonchev–Trinajstić information content (AvgIpc) is 3.31. The Kier molecular flexibility index (Phi) is 6.25. The Morgan fingerprint density at radius 3 is 2.37 bits per heavy atom.